The summed E-state index contributed by atoms with van der Waals surface area (Å²) in [5, 5.41) is 0. The van der Waals surface area contributed by atoms with Gasteiger partial charge in [-0.05, 0) is 25.0 Å². The van der Waals surface area contributed by atoms with Crippen LogP contribution in [0.5, 0.6) is 0 Å². The minimum Gasteiger partial charge on any atom is -0.0990 e. The summed E-state index contributed by atoms with van der Waals surface area (Å²) in [6.45, 7) is 11.4. The molecular weight excluding hydrogens is 168 g/mol. The van der Waals surface area contributed by atoms with Crippen LogP contribution in [0.25, 0.3) is 0 Å². The largest absolute Gasteiger partial charge is 0.0990 e. The summed E-state index contributed by atoms with van der Waals surface area (Å²) in [6, 6.07) is 0. The van der Waals surface area contributed by atoms with Gasteiger partial charge in [-0.1, -0.05) is 61.8 Å². The monoisotopic (exact) mass is 186 g/mol. The smallest absolute Gasteiger partial charge is 0.0193 e. The van der Waals surface area contributed by atoms with Gasteiger partial charge in [-0.2, -0.15) is 0 Å². The lowest BCUT2D eigenvalue weighted by Crippen LogP contribution is -1.81. The third-order valence-electron chi connectivity index (χ3n) is 1.74. The van der Waals surface area contributed by atoms with Crippen LogP contribution in [0.2, 0.25) is 0 Å². The lowest BCUT2D eigenvalue weighted by Gasteiger charge is -2.00. The van der Waals surface area contributed by atoms with Crippen molar-refractivity contribution in [1.82, 2.24) is 0 Å². The zero-order valence-corrected chi connectivity index (χ0v) is 9.03. The van der Waals surface area contributed by atoms with Crippen LogP contribution < -0.4 is 0 Å². The van der Waals surface area contributed by atoms with E-state index in [1.165, 1.54) is 0 Å². The summed E-state index contributed by atoms with van der Waals surface area (Å²) in [5.41, 5.74) is 2.24. The molecule has 0 aromatic heterocycles. The van der Waals surface area contributed by atoms with Crippen molar-refractivity contribution >= 4 is 0 Å². The Morgan fingerprint density at radius 2 is 1.71 bits per heavy atom. The molecule has 74 valence electrons. The third-order valence-corrected chi connectivity index (χ3v) is 1.74. The van der Waals surface area contributed by atoms with Gasteiger partial charge in [0.2, 0.25) is 0 Å². The van der Waals surface area contributed by atoms with Gasteiger partial charge < -0.3 is 0 Å². The fraction of sp³-hybridized carbons (Fsp3) is 0.143. The first-order chi connectivity index (χ1) is 6.79. The Balaban J connectivity index is 4.80. The molecule has 0 saturated heterocycles. The molecule has 0 radical (unpaired) electrons. The first-order valence-corrected chi connectivity index (χ1v) is 4.71. The van der Waals surface area contributed by atoms with Crippen molar-refractivity contribution in [3.05, 3.63) is 72.9 Å². The highest BCUT2D eigenvalue weighted by Crippen LogP contribution is 2.12. The fourth-order valence-corrected chi connectivity index (χ4v) is 1.04. The van der Waals surface area contributed by atoms with E-state index >= 15 is 0 Å². The first kappa shape index (κ1) is 12.4. The highest BCUT2D eigenvalue weighted by molar-refractivity contribution is 5.47. The second kappa shape index (κ2) is 8.06. The highest BCUT2D eigenvalue weighted by Gasteiger charge is 1.93. The Labute approximate surface area is 87.3 Å². The Bertz CT molecular complexity index is 296. The molecule has 0 nitrogen and oxygen atoms in total. The van der Waals surface area contributed by atoms with Gasteiger partial charge >= 0.3 is 0 Å². The van der Waals surface area contributed by atoms with Crippen molar-refractivity contribution in [1.29, 1.82) is 0 Å². The van der Waals surface area contributed by atoms with Crippen molar-refractivity contribution in [3.8, 4) is 0 Å². The zero-order chi connectivity index (χ0) is 10.8. The van der Waals surface area contributed by atoms with Gasteiger partial charge in [-0.25, -0.2) is 0 Å². The van der Waals surface area contributed by atoms with Crippen LogP contribution in [0, 0.1) is 0 Å². The van der Waals surface area contributed by atoms with Crippen LogP contribution >= 0.6 is 0 Å². The minimum absolute atomic E-state index is 1.09. The highest BCUT2D eigenvalue weighted by atomic mass is 14.0. The lowest BCUT2D eigenvalue weighted by molar-refractivity contribution is 1.50. The van der Waals surface area contributed by atoms with Gasteiger partial charge in [-0.3, -0.25) is 0 Å². The van der Waals surface area contributed by atoms with Crippen molar-refractivity contribution < 1.29 is 0 Å². The summed E-state index contributed by atoms with van der Waals surface area (Å²) in [7, 11) is 0. The summed E-state index contributed by atoms with van der Waals surface area (Å²) in [5.74, 6) is 0. The van der Waals surface area contributed by atoms with Crippen LogP contribution in [-0.4, -0.2) is 0 Å². The molecule has 0 aromatic carbocycles. The van der Waals surface area contributed by atoms with Gasteiger partial charge in [0, 0.05) is 0 Å². The van der Waals surface area contributed by atoms with Crippen LogP contribution in [0.4, 0.5) is 0 Å². The Morgan fingerprint density at radius 1 is 1.00 bits per heavy atom. The predicted molar refractivity (Wildman–Crippen MR) is 66.2 cm³/mol. The molecule has 0 N–H and O–H groups in total. The van der Waals surface area contributed by atoms with Crippen LogP contribution in [0.15, 0.2) is 72.9 Å². The number of hydrogen-bond acceptors (Lipinski definition) is 0. The molecule has 0 aromatic rings. The molecule has 0 aliphatic carbocycles. The summed E-state index contributed by atoms with van der Waals surface area (Å²) in [4.78, 5) is 0. The topological polar surface area (TPSA) is 0 Å². The van der Waals surface area contributed by atoms with Gasteiger partial charge in [0.05, 0.1) is 0 Å². The van der Waals surface area contributed by atoms with E-state index in [4.69, 9.17) is 0 Å². The molecule has 0 atom stereocenters. The van der Waals surface area contributed by atoms with Crippen LogP contribution in [-0.2, 0) is 0 Å². The van der Waals surface area contributed by atoms with Crippen molar-refractivity contribution in [2.75, 3.05) is 0 Å². The van der Waals surface area contributed by atoms with E-state index in [1.54, 1.807) is 6.08 Å². The van der Waals surface area contributed by atoms with Gasteiger partial charge in [0.1, 0.15) is 0 Å². The number of hydrogen-bond donors (Lipinski definition) is 0. The van der Waals surface area contributed by atoms with Crippen LogP contribution in [0.3, 0.4) is 0 Å². The maximum Gasteiger partial charge on any atom is -0.0193 e. The van der Waals surface area contributed by atoms with Crippen molar-refractivity contribution in [2.24, 2.45) is 0 Å². The third kappa shape index (κ3) is 4.46. The van der Waals surface area contributed by atoms with Crippen molar-refractivity contribution in [2.45, 2.75) is 13.8 Å². The van der Waals surface area contributed by atoms with Gasteiger partial charge in [-0.15, -0.1) is 0 Å². The second-order valence-corrected chi connectivity index (χ2v) is 2.69. The molecule has 0 fully saturated rings. The summed E-state index contributed by atoms with van der Waals surface area (Å²) < 4.78 is 0. The van der Waals surface area contributed by atoms with E-state index in [1.807, 2.05) is 44.2 Å². The first-order valence-electron chi connectivity index (χ1n) is 4.71. The fourth-order valence-electron chi connectivity index (χ4n) is 1.04. The molecule has 0 saturated carbocycles. The quantitative estimate of drug-likeness (QED) is 0.559. The van der Waals surface area contributed by atoms with E-state index in [9.17, 15) is 0 Å². The normalized spacial score (nSPS) is 13.9. The molecule has 14 heavy (non-hydrogen) atoms. The molecule has 0 amide bonds. The molecule has 0 heterocycles. The van der Waals surface area contributed by atoms with E-state index in [0.29, 0.717) is 0 Å². The van der Waals surface area contributed by atoms with Gasteiger partial charge in [0.25, 0.3) is 0 Å². The SMILES string of the molecule is C=C/C=C(C=C)/C(/C=C\C=C/C)=C/C. The molecule has 0 aliphatic heterocycles. The van der Waals surface area contributed by atoms with E-state index in [-0.39, 0.29) is 0 Å². The standard InChI is InChI=1S/C14H18/c1-5-9-10-12-14(8-4)13(7-3)11-6-2/h5-12H,2-3H2,1,4H3/b9-5-,12-10-,13-11+,14-8+. The predicted octanol–water partition coefficient (Wildman–Crippen LogP) is 4.36. The van der Waals surface area contributed by atoms with E-state index in [2.05, 4.69) is 25.3 Å². The number of rotatable bonds is 5. The van der Waals surface area contributed by atoms with E-state index in [0.717, 1.165) is 11.1 Å². The zero-order valence-electron chi connectivity index (χ0n) is 9.03. The summed E-state index contributed by atoms with van der Waals surface area (Å²) >= 11 is 0. The lowest BCUT2D eigenvalue weighted by atomic mass is 10.1. The Morgan fingerprint density at radius 3 is 2.14 bits per heavy atom. The molecule has 0 bridgehead atoms. The molecular formula is C14H18. The maximum absolute atomic E-state index is 3.77. The van der Waals surface area contributed by atoms with Crippen molar-refractivity contribution in [3.63, 3.8) is 0 Å². The molecule has 0 aliphatic rings. The van der Waals surface area contributed by atoms with Gasteiger partial charge in [0.15, 0.2) is 0 Å². The summed E-state index contributed by atoms with van der Waals surface area (Å²) in [6.07, 6.45) is 15.7. The average Bonchev–Trinajstić information content (AvgIpc) is 2.22. The van der Waals surface area contributed by atoms with Crippen LogP contribution in [0.1, 0.15) is 13.8 Å². The second-order valence-electron chi connectivity index (χ2n) is 2.69. The number of allylic oxidation sites excluding steroid dienone is 10. The molecule has 0 heteroatoms. The Kier molecular flexibility index (Phi) is 7.16. The minimum atomic E-state index is 1.09. The molecule has 0 unspecified atom stereocenters. The van der Waals surface area contributed by atoms with E-state index < -0.39 is 0 Å². The average molecular weight is 186 g/mol. The Hall–Kier alpha value is -1.56. The molecule has 0 spiro atoms. The molecule has 0 rings (SSSR count). The maximum atomic E-state index is 3.77.